The van der Waals surface area contributed by atoms with E-state index < -0.39 is 23.6 Å². The van der Waals surface area contributed by atoms with Crippen LogP contribution in [0.4, 0.5) is 17.6 Å². The average Bonchev–Trinajstić information content (AvgIpc) is 2.98. The van der Waals surface area contributed by atoms with Gasteiger partial charge in [0.15, 0.2) is 0 Å². The molecule has 1 fully saturated rings. The van der Waals surface area contributed by atoms with Crippen molar-refractivity contribution >= 4 is 0 Å². The van der Waals surface area contributed by atoms with E-state index in [0.717, 1.165) is 25.0 Å². The van der Waals surface area contributed by atoms with Gasteiger partial charge in [0.25, 0.3) is 0 Å². The Hall–Kier alpha value is -1.10. The van der Waals surface area contributed by atoms with Gasteiger partial charge in [-0.15, -0.1) is 0 Å². The van der Waals surface area contributed by atoms with E-state index in [-0.39, 0.29) is 11.5 Å². The van der Waals surface area contributed by atoms with Crippen LogP contribution in [0.15, 0.2) is 18.2 Å². The van der Waals surface area contributed by atoms with Gasteiger partial charge in [0.05, 0.1) is 5.56 Å². The molecule has 0 bridgehead atoms. The predicted molar refractivity (Wildman–Crippen MR) is 51.1 cm³/mol. The molecule has 16 heavy (non-hydrogen) atoms. The number of hydrogen-bond acceptors (Lipinski definition) is 1. The molecule has 1 saturated carbocycles. The second-order valence-electron chi connectivity index (χ2n) is 4.10. The first-order valence-electron chi connectivity index (χ1n) is 5.02. The standard InChI is InChI=1S/C11H11F4N/c12-9-5-7(11(13,14)15)3-4-8(9)10(16)6-1-2-6/h3-6,10H,1-2,16H2. The first-order valence-corrected chi connectivity index (χ1v) is 5.02. The fourth-order valence-corrected chi connectivity index (χ4v) is 1.68. The monoisotopic (exact) mass is 233 g/mol. The van der Waals surface area contributed by atoms with Gasteiger partial charge in [-0.1, -0.05) is 6.07 Å². The summed E-state index contributed by atoms with van der Waals surface area (Å²) in [6, 6.07) is 2.04. The van der Waals surface area contributed by atoms with Crippen LogP contribution in [0.3, 0.4) is 0 Å². The lowest BCUT2D eigenvalue weighted by Gasteiger charge is -2.13. The topological polar surface area (TPSA) is 26.0 Å². The summed E-state index contributed by atoms with van der Waals surface area (Å²) in [5.74, 6) is -0.652. The highest BCUT2D eigenvalue weighted by Crippen LogP contribution is 2.41. The van der Waals surface area contributed by atoms with Gasteiger partial charge in [0, 0.05) is 11.6 Å². The molecular weight excluding hydrogens is 222 g/mol. The predicted octanol–water partition coefficient (Wildman–Crippen LogP) is 3.25. The van der Waals surface area contributed by atoms with Crippen LogP contribution in [0.1, 0.15) is 30.0 Å². The van der Waals surface area contributed by atoms with E-state index >= 15 is 0 Å². The van der Waals surface area contributed by atoms with Crippen molar-refractivity contribution in [2.75, 3.05) is 0 Å². The highest BCUT2D eigenvalue weighted by atomic mass is 19.4. The molecule has 5 heteroatoms. The molecular formula is C11H11F4N. The molecule has 0 heterocycles. The molecule has 1 nitrogen and oxygen atoms in total. The maximum Gasteiger partial charge on any atom is 0.416 e. The average molecular weight is 233 g/mol. The highest BCUT2D eigenvalue weighted by molar-refractivity contribution is 5.29. The van der Waals surface area contributed by atoms with E-state index in [1.165, 1.54) is 0 Å². The molecule has 1 unspecified atom stereocenters. The van der Waals surface area contributed by atoms with Gasteiger partial charge in [-0.25, -0.2) is 4.39 Å². The van der Waals surface area contributed by atoms with Crippen LogP contribution in [-0.4, -0.2) is 0 Å². The molecule has 0 radical (unpaired) electrons. The Kier molecular flexibility index (Phi) is 2.66. The maximum absolute atomic E-state index is 13.4. The summed E-state index contributed by atoms with van der Waals surface area (Å²) >= 11 is 0. The van der Waals surface area contributed by atoms with Crippen LogP contribution in [0.2, 0.25) is 0 Å². The van der Waals surface area contributed by atoms with E-state index in [4.69, 9.17) is 5.73 Å². The van der Waals surface area contributed by atoms with E-state index in [0.29, 0.717) is 6.07 Å². The minimum absolute atomic E-state index is 0.176. The number of alkyl halides is 3. The zero-order valence-electron chi connectivity index (χ0n) is 8.39. The van der Waals surface area contributed by atoms with Crippen molar-refractivity contribution in [3.8, 4) is 0 Å². The molecule has 1 aliphatic carbocycles. The molecule has 1 aliphatic rings. The van der Waals surface area contributed by atoms with Crippen LogP contribution in [0.25, 0.3) is 0 Å². The van der Waals surface area contributed by atoms with E-state index in [2.05, 4.69) is 0 Å². The molecule has 88 valence electrons. The summed E-state index contributed by atoms with van der Waals surface area (Å²) in [5.41, 5.74) is 4.94. The summed E-state index contributed by atoms with van der Waals surface area (Å²) < 4.78 is 50.3. The minimum Gasteiger partial charge on any atom is -0.324 e. The van der Waals surface area contributed by atoms with Crippen LogP contribution in [-0.2, 0) is 6.18 Å². The molecule has 1 aromatic carbocycles. The third-order valence-corrected chi connectivity index (χ3v) is 2.82. The van der Waals surface area contributed by atoms with E-state index in [1.54, 1.807) is 0 Å². The molecule has 0 aromatic heterocycles. The quantitative estimate of drug-likeness (QED) is 0.779. The molecule has 1 atom stereocenters. The summed E-state index contributed by atoms with van der Waals surface area (Å²) in [4.78, 5) is 0. The Balaban J connectivity index is 2.29. The van der Waals surface area contributed by atoms with Crippen molar-refractivity contribution in [3.63, 3.8) is 0 Å². The second kappa shape index (κ2) is 3.73. The lowest BCUT2D eigenvalue weighted by Crippen LogP contribution is -2.15. The SMILES string of the molecule is NC(c1ccc(C(F)(F)F)cc1F)C1CC1. The van der Waals surface area contributed by atoms with Crippen molar-refractivity contribution in [1.29, 1.82) is 0 Å². The Morgan fingerprint density at radius 3 is 2.31 bits per heavy atom. The van der Waals surface area contributed by atoms with E-state index in [1.807, 2.05) is 0 Å². The number of benzene rings is 1. The molecule has 0 saturated heterocycles. The van der Waals surface area contributed by atoms with Gasteiger partial charge in [0.2, 0.25) is 0 Å². The Labute approximate surface area is 90.3 Å². The normalized spacial score (nSPS) is 18.6. The number of halogens is 4. The fourth-order valence-electron chi connectivity index (χ4n) is 1.68. The third-order valence-electron chi connectivity index (χ3n) is 2.82. The molecule has 1 aromatic rings. The maximum atomic E-state index is 13.4. The molecule has 0 aliphatic heterocycles. The van der Waals surface area contributed by atoms with Crippen molar-refractivity contribution in [3.05, 3.63) is 35.1 Å². The zero-order valence-corrected chi connectivity index (χ0v) is 8.39. The van der Waals surface area contributed by atoms with Gasteiger partial charge in [0.1, 0.15) is 5.82 Å². The van der Waals surface area contributed by atoms with Crippen molar-refractivity contribution in [2.45, 2.75) is 25.1 Å². The molecule has 2 N–H and O–H groups in total. The van der Waals surface area contributed by atoms with Crippen LogP contribution >= 0.6 is 0 Å². The molecule has 0 spiro atoms. The Morgan fingerprint density at radius 2 is 1.88 bits per heavy atom. The van der Waals surface area contributed by atoms with Crippen molar-refractivity contribution in [1.82, 2.24) is 0 Å². The summed E-state index contributed by atoms with van der Waals surface area (Å²) in [5, 5.41) is 0. The smallest absolute Gasteiger partial charge is 0.324 e. The van der Waals surface area contributed by atoms with Crippen LogP contribution in [0, 0.1) is 11.7 Å². The fraction of sp³-hybridized carbons (Fsp3) is 0.455. The van der Waals surface area contributed by atoms with Crippen LogP contribution < -0.4 is 5.73 Å². The Morgan fingerprint density at radius 1 is 1.25 bits per heavy atom. The number of hydrogen-bond donors (Lipinski definition) is 1. The van der Waals surface area contributed by atoms with Gasteiger partial charge in [-0.2, -0.15) is 13.2 Å². The van der Waals surface area contributed by atoms with Gasteiger partial charge < -0.3 is 5.73 Å². The van der Waals surface area contributed by atoms with Gasteiger partial charge in [-0.3, -0.25) is 0 Å². The van der Waals surface area contributed by atoms with Crippen molar-refractivity contribution in [2.24, 2.45) is 11.7 Å². The van der Waals surface area contributed by atoms with Gasteiger partial charge in [-0.05, 0) is 30.9 Å². The van der Waals surface area contributed by atoms with E-state index in [9.17, 15) is 17.6 Å². The largest absolute Gasteiger partial charge is 0.416 e. The summed E-state index contributed by atoms with van der Waals surface area (Å²) in [6.45, 7) is 0. The third kappa shape index (κ3) is 2.19. The van der Waals surface area contributed by atoms with Crippen LogP contribution in [0.5, 0.6) is 0 Å². The Bertz CT molecular complexity index is 395. The lowest BCUT2D eigenvalue weighted by atomic mass is 10.0. The number of nitrogens with two attached hydrogens (primary N) is 1. The molecule has 2 rings (SSSR count). The lowest BCUT2D eigenvalue weighted by molar-refractivity contribution is -0.137. The summed E-state index contributed by atoms with van der Waals surface area (Å²) in [6.07, 6.45) is -2.67. The van der Waals surface area contributed by atoms with Crippen molar-refractivity contribution < 1.29 is 17.6 Å². The highest BCUT2D eigenvalue weighted by Gasteiger charge is 2.34. The number of rotatable bonds is 2. The zero-order chi connectivity index (χ0) is 11.9. The molecule has 0 amide bonds. The first kappa shape index (κ1) is 11.4. The summed E-state index contributed by atoms with van der Waals surface area (Å²) in [7, 11) is 0. The first-order chi connectivity index (χ1) is 7.39. The minimum atomic E-state index is -4.51. The van der Waals surface area contributed by atoms with Gasteiger partial charge >= 0.3 is 6.18 Å². The second-order valence-corrected chi connectivity index (χ2v) is 4.10.